The molecule has 148 valence electrons. The molecule has 0 heterocycles. The van der Waals surface area contributed by atoms with Crippen molar-refractivity contribution in [1.29, 1.82) is 0 Å². The molecule has 0 aliphatic carbocycles. The molecule has 2 nitrogen and oxygen atoms in total. The number of rotatable bonds is 4. The number of benzene rings is 2. The molecule has 2 aromatic rings. The Balaban J connectivity index is 0.000000412. The Morgan fingerprint density at radius 2 is 1.54 bits per heavy atom. The van der Waals surface area contributed by atoms with Gasteiger partial charge in [-0.05, 0) is 36.8 Å². The van der Waals surface area contributed by atoms with Crippen LogP contribution in [0.4, 0.5) is 25.2 Å². The van der Waals surface area contributed by atoms with E-state index in [9.17, 15) is 30.0 Å². The van der Waals surface area contributed by atoms with E-state index in [1.54, 1.807) is 0 Å². The number of halogens is 6. The third-order valence-electron chi connectivity index (χ3n) is 3.24. The van der Waals surface area contributed by atoms with Crippen LogP contribution in [0.15, 0.2) is 47.4 Å². The molecule has 0 aliphatic heterocycles. The summed E-state index contributed by atoms with van der Waals surface area (Å²) < 4.78 is 64.3. The summed E-state index contributed by atoms with van der Waals surface area (Å²) in [5.74, 6) is -0.110. The van der Waals surface area contributed by atoms with Crippen LogP contribution in [0.5, 0.6) is 0 Å². The zero-order valence-electron chi connectivity index (χ0n) is 14.3. The molecule has 0 fully saturated rings. The molecule has 26 heavy (non-hydrogen) atoms. The first-order valence-corrected chi connectivity index (χ1v) is 11.2. The van der Waals surface area contributed by atoms with E-state index in [4.69, 9.17) is 4.74 Å². The van der Waals surface area contributed by atoms with Crippen molar-refractivity contribution in [2.45, 2.75) is 24.0 Å². The number of hydrogen-bond acceptors (Lipinski definition) is 2. The zero-order chi connectivity index (χ0) is 20.2. The number of carbonyl (C=O) groups excluding carboxylic acids is 1. The Morgan fingerprint density at radius 1 is 1.04 bits per heavy atom. The van der Waals surface area contributed by atoms with Crippen molar-refractivity contribution in [3.8, 4) is 0 Å². The molecule has 0 radical (unpaired) electrons. The van der Waals surface area contributed by atoms with Gasteiger partial charge in [0.25, 0.3) is 0 Å². The van der Waals surface area contributed by atoms with Crippen molar-refractivity contribution in [2.75, 3.05) is 12.9 Å². The molecule has 0 aliphatic rings. The fourth-order valence-electron chi connectivity index (χ4n) is 1.98. The van der Waals surface area contributed by atoms with Gasteiger partial charge < -0.3 is 4.74 Å². The van der Waals surface area contributed by atoms with Gasteiger partial charge in [0.05, 0.1) is 6.61 Å². The minimum atomic E-state index is -10.7. The first kappa shape index (κ1) is 22.6. The van der Waals surface area contributed by atoms with Gasteiger partial charge >= 0.3 is 39.0 Å². The average molecular weight is 420 g/mol. The van der Waals surface area contributed by atoms with Crippen LogP contribution >= 0.6 is 7.81 Å². The van der Waals surface area contributed by atoms with Crippen LogP contribution in [-0.4, -0.2) is 24.1 Å². The van der Waals surface area contributed by atoms with Crippen LogP contribution in [0.25, 0.3) is 10.8 Å². The fraction of sp³-hybridized carbons (Fsp3) is 0.312. The molecule has 0 N–H and O–H groups in total. The van der Waals surface area contributed by atoms with Crippen molar-refractivity contribution in [1.82, 2.24) is 0 Å². The van der Waals surface area contributed by atoms with Gasteiger partial charge in [0.15, 0.2) is 4.90 Å². The summed E-state index contributed by atoms with van der Waals surface area (Å²) in [4.78, 5) is 13.0. The number of ether oxygens (including phenoxy) is 1. The zero-order valence-corrected chi connectivity index (χ0v) is 16.0. The van der Waals surface area contributed by atoms with Crippen molar-refractivity contribution in [3.63, 3.8) is 0 Å². The van der Waals surface area contributed by atoms with Gasteiger partial charge in [-0.2, -0.15) is 0 Å². The topological polar surface area (TPSA) is 26.3 Å². The molecule has 0 bridgehead atoms. The monoisotopic (exact) mass is 420 g/mol. The summed E-state index contributed by atoms with van der Waals surface area (Å²) in [6, 6.07) is 14.7. The number of fused-ring (bicyclic) bond motifs is 1. The van der Waals surface area contributed by atoms with Crippen molar-refractivity contribution < 1.29 is 34.7 Å². The maximum absolute atomic E-state index is 11.8. The maximum atomic E-state index is 11.8. The molecule has 2 aromatic carbocycles. The summed E-state index contributed by atoms with van der Waals surface area (Å²) in [5, 5.41) is 2.35. The van der Waals surface area contributed by atoms with E-state index in [-0.39, 0.29) is 22.1 Å². The van der Waals surface area contributed by atoms with Crippen molar-refractivity contribution in [3.05, 3.63) is 42.5 Å². The van der Waals surface area contributed by atoms with Crippen LogP contribution in [0, 0.1) is 0 Å². The summed E-state index contributed by atoms with van der Waals surface area (Å²) in [6.07, 6.45) is 2.10. The van der Waals surface area contributed by atoms with E-state index in [2.05, 4.69) is 36.6 Å². The van der Waals surface area contributed by atoms with Gasteiger partial charge in [-0.1, -0.05) is 24.3 Å². The SMILES string of the molecule is CCOC(=O)C(C)[S+](C)c1ccc2ccccc2c1.F[P-](F)(F)(F)(F)F. The van der Waals surface area contributed by atoms with Crippen LogP contribution in [-0.2, 0) is 20.4 Å². The van der Waals surface area contributed by atoms with Crippen molar-refractivity contribution >= 4 is 35.4 Å². The Bertz CT molecular complexity index is 768. The molecule has 0 aromatic heterocycles. The molecule has 0 spiro atoms. The minimum absolute atomic E-state index is 0.0962. The normalized spacial score (nSPS) is 16.5. The molecule has 0 saturated heterocycles. The standard InChI is InChI=1S/C16H19O2S.F6P/c1-4-18-16(17)12(2)19(3)15-10-9-13-7-5-6-8-14(13)11-15;1-7(2,3,4,5)6/h5-12H,4H2,1-3H3;/q+1;-1. The van der Waals surface area contributed by atoms with E-state index in [1.165, 1.54) is 15.7 Å². The van der Waals surface area contributed by atoms with E-state index < -0.39 is 7.81 Å². The Kier molecular flexibility index (Phi) is 6.31. The second-order valence-corrected chi connectivity index (χ2v) is 9.63. The summed E-state index contributed by atoms with van der Waals surface area (Å²) in [6.45, 7) is 4.23. The van der Waals surface area contributed by atoms with Gasteiger partial charge in [0.1, 0.15) is 6.26 Å². The van der Waals surface area contributed by atoms with Gasteiger partial charge in [0, 0.05) is 17.0 Å². The second-order valence-electron chi connectivity index (χ2n) is 5.42. The van der Waals surface area contributed by atoms with Gasteiger partial charge in [-0.25, -0.2) is 4.79 Å². The summed E-state index contributed by atoms with van der Waals surface area (Å²) >= 11 is 0. The first-order chi connectivity index (χ1) is 11.6. The molecule has 2 rings (SSSR count). The molecular weight excluding hydrogens is 401 g/mol. The van der Waals surface area contributed by atoms with E-state index in [1.807, 2.05) is 26.0 Å². The molecule has 0 saturated carbocycles. The van der Waals surface area contributed by atoms with Gasteiger partial charge in [-0.15, -0.1) is 0 Å². The molecule has 2 atom stereocenters. The van der Waals surface area contributed by atoms with E-state index in [0.29, 0.717) is 6.61 Å². The predicted molar refractivity (Wildman–Crippen MR) is 95.2 cm³/mol. The Morgan fingerprint density at radius 3 is 2.04 bits per heavy atom. The van der Waals surface area contributed by atoms with Crippen molar-refractivity contribution in [2.24, 2.45) is 0 Å². The van der Waals surface area contributed by atoms with Gasteiger partial charge in [0.2, 0.25) is 5.25 Å². The summed E-state index contributed by atoms with van der Waals surface area (Å²) in [7, 11) is -10.8. The quantitative estimate of drug-likeness (QED) is 0.236. The Hall–Kier alpha value is -1.47. The Labute approximate surface area is 150 Å². The van der Waals surface area contributed by atoms with Crippen LogP contribution < -0.4 is 0 Å². The van der Waals surface area contributed by atoms with E-state index in [0.717, 1.165) is 0 Å². The number of carbonyl (C=O) groups is 1. The van der Waals surface area contributed by atoms with E-state index >= 15 is 0 Å². The van der Waals surface area contributed by atoms with Crippen LogP contribution in [0.2, 0.25) is 0 Å². The first-order valence-electron chi connectivity index (χ1n) is 7.45. The molecular formula is C16H19F6O2PS. The average Bonchev–Trinajstić information content (AvgIpc) is 2.50. The van der Waals surface area contributed by atoms with Crippen LogP contribution in [0.1, 0.15) is 13.8 Å². The second kappa shape index (κ2) is 7.27. The van der Waals surface area contributed by atoms with Crippen LogP contribution in [0.3, 0.4) is 0 Å². The molecule has 2 unspecified atom stereocenters. The molecule has 10 heteroatoms. The molecule has 0 amide bonds. The third-order valence-corrected chi connectivity index (χ3v) is 5.49. The number of hydrogen-bond donors (Lipinski definition) is 0. The fourth-order valence-corrected chi connectivity index (χ4v) is 3.34. The number of esters is 1. The summed E-state index contributed by atoms with van der Waals surface area (Å²) in [5.41, 5.74) is 0. The van der Waals surface area contributed by atoms with Gasteiger partial charge in [-0.3, -0.25) is 0 Å². The predicted octanol–water partition coefficient (Wildman–Crippen LogP) is 6.78. The third kappa shape index (κ3) is 9.29.